The third kappa shape index (κ3) is 6.86. The van der Waals surface area contributed by atoms with E-state index < -0.39 is 0 Å². The number of amides is 1. The molecule has 0 spiro atoms. The van der Waals surface area contributed by atoms with E-state index in [2.05, 4.69) is 19.2 Å². The summed E-state index contributed by atoms with van der Waals surface area (Å²) in [5.74, 6) is 0.421. The maximum Gasteiger partial charge on any atom is 0.236 e. The molecule has 0 aromatic carbocycles. The summed E-state index contributed by atoms with van der Waals surface area (Å²) in [5.41, 5.74) is 5.71. The van der Waals surface area contributed by atoms with Gasteiger partial charge in [0.25, 0.3) is 0 Å². The zero-order valence-corrected chi connectivity index (χ0v) is 9.71. The topological polar surface area (TPSA) is 58.4 Å². The van der Waals surface area contributed by atoms with Crippen molar-refractivity contribution in [1.82, 2.24) is 10.2 Å². The summed E-state index contributed by atoms with van der Waals surface area (Å²) < 4.78 is 0. The Morgan fingerprint density at radius 2 is 2.00 bits per heavy atom. The Balaban J connectivity index is 3.62. The van der Waals surface area contributed by atoms with E-state index in [1.54, 1.807) is 0 Å². The first-order valence-electron chi connectivity index (χ1n) is 5.11. The molecule has 0 unspecified atom stereocenters. The highest BCUT2D eigenvalue weighted by molar-refractivity contribution is 5.81. The summed E-state index contributed by atoms with van der Waals surface area (Å²) in [5, 5.41) is 2.81. The number of carbonyl (C=O) groups excluding carboxylic acids is 1. The van der Waals surface area contributed by atoms with Crippen molar-refractivity contribution in [3.8, 4) is 0 Å². The normalized spacial score (nSPS) is 13.4. The van der Waals surface area contributed by atoms with Gasteiger partial charge in [0.05, 0.1) is 6.04 Å². The van der Waals surface area contributed by atoms with Gasteiger partial charge in [-0.25, -0.2) is 0 Å². The molecule has 4 heteroatoms. The number of hydrogen-bond donors (Lipinski definition) is 2. The van der Waals surface area contributed by atoms with Crippen molar-refractivity contribution in [3.63, 3.8) is 0 Å². The molecule has 0 heterocycles. The molecule has 0 saturated heterocycles. The zero-order chi connectivity index (χ0) is 11.1. The monoisotopic (exact) mass is 201 g/mol. The molecular formula is C10H23N3O. The van der Waals surface area contributed by atoms with Crippen molar-refractivity contribution in [3.05, 3.63) is 0 Å². The molecule has 1 amide bonds. The van der Waals surface area contributed by atoms with E-state index in [-0.39, 0.29) is 11.9 Å². The van der Waals surface area contributed by atoms with Crippen molar-refractivity contribution in [2.75, 3.05) is 27.2 Å². The molecule has 4 nitrogen and oxygen atoms in total. The van der Waals surface area contributed by atoms with Crippen LogP contribution in [0.2, 0.25) is 0 Å². The molecule has 0 aliphatic carbocycles. The van der Waals surface area contributed by atoms with Gasteiger partial charge in [0.2, 0.25) is 5.91 Å². The van der Waals surface area contributed by atoms with E-state index in [1.165, 1.54) is 0 Å². The van der Waals surface area contributed by atoms with Gasteiger partial charge >= 0.3 is 0 Å². The van der Waals surface area contributed by atoms with E-state index in [0.717, 1.165) is 13.0 Å². The van der Waals surface area contributed by atoms with Crippen molar-refractivity contribution in [2.45, 2.75) is 26.3 Å². The highest BCUT2D eigenvalue weighted by Crippen LogP contribution is 2.02. The van der Waals surface area contributed by atoms with Crippen LogP contribution in [0.25, 0.3) is 0 Å². The highest BCUT2D eigenvalue weighted by Gasteiger charge is 2.13. The van der Waals surface area contributed by atoms with Gasteiger partial charge in [-0.3, -0.25) is 4.79 Å². The Morgan fingerprint density at radius 1 is 1.43 bits per heavy atom. The molecule has 84 valence electrons. The number of carbonyl (C=O) groups is 1. The third-order valence-corrected chi connectivity index (χ3v) is 1.92. The van der Waals surface area contributed by atoms with E-state index in [0.29, 0.717) is 12.5 Å². The first kappa shape index (κ1) is 13.4. The van der Waals surface area contributed by atoms with Gasteiger partial charge in [-0.1, -0.05) is 13.8 Å². The van der Waals surface area contributed by atoms with Gasteiger partial charge < -0.3 is 16.0 Å². The summed E-state index contributed by atoms with van der Waals surface area (Å²) >= 11 is 0. The van der Waals surface area contributed by atoms with Crippen molar-refractivity contribution < 1.29 is 4.79 Å². The number of nitrogens with one attached hydrogen (secondary N) is 1. The first-order valence-corrected chi connectivity index (χ1v) is 5.11. The summed E-state index contributed by atoms with van der Waals surface area (Å²) in [7, 11) is 3.94. The minimum absolute atomic E-state index is 0.0412. The van der Waals surface area contributed by atoms with Gasteiger partial charge in [0, 0.05) is 13.1 Å². The van der Waals surface area contributed by atoms with Gasteiger partial charge in [0.1, 0.15) is 0 Å². The maximum atomic E-state index is 11.4. The van der Waals surface area contributed by atoms with Crippen LogP contribution < -0.4 is 11.1 Å². The molecular weight excluding hydrogens is 178 g/mol. The Hall–Kier alpha value is -0.610. The number of nitrogens with two attached hydrogens (primary N) is 1. The van der Waals surface area contributed by atoms with Gasteiger partial charge in [-0.05, 0) is 26.4 Å². The van der Waals surface area contributed by atoms with Gasteiger partial charge in [0.15, 0.2) is 0 Å². The van der Waals surface area contributed by atoms with E-state index in [4.69, 9.17) is 5.73 Å². The van der Waals surface area contributed by atoms with Crippen LogP contribution in [-0.4, -0.2) is 44.0 Å². The number of nitrogens with zero attached hydrogens (tertiary/aromatic N) is 1. The molecule has 1 atom stereocenters. The largest absolute Gasteiger partial charge is 0.353 e. The molecule has 0 fully saturated rings. The average molecular weight is 201 g/mol. The summed E-state index contributed by atoms with van der Waals surface area (Å²) in [4.78, 5) is 13.4. The quantitative estimate of drug-likeness (QED) is 0.638. The molecule has 0 aromatic heterocycles. The lowest BCUT2D eigenvalue weighted by atomic mass is 10.0. The highest BCUT2D eigenvalue weighted by atomic mass is 16.2. The van der Waals surface area contributed by atoms with E-state index >= 15 is 0 Å². The zero-order valence-electron chi connectivity index (χ0n) is 9.71. The smallest absolute Gasteiger partial charge is 0.236 e. The Labute approximate surface area is 86.8 Å². The molecule has 0 saturated carbocycles. The van der Waals surface area contributed by atoms with Crippen molar-refractivity contribution >= 4 is 5.91 Å². The minimum atomic E-state index is -0.364. The number of hydrogen-bond acceptors (Lipinski definition) is 3. The molecule has 0 rings (SSSR count). The van der Waals surface area contributed by atoms with Crippen LogP contribution in [0.3, 0.4) is 0 Å². The second kappa shape index (κ2) is 6.79. The first-order chi connectivity index (χ1) is 6.43. The fourth-order valence-corrected chi connectivity index (χ4v) is 1.15. The minimum Gasteiger partial charge on any atom is -0.353 e. The van der Waals surface area contributed by atoms with Crippen LogP contribution >= 0.6 is 0 Å². The van der Waals surface area contributed by atoms with Crippen LogP contribution in [0.5, 0.6) is 0 Å². The number of likely N-dealkylation sites (N-methyl/N-ethyl adjacent to an activating group) is 1. The third-order valence-electron chi connectivity index (χ3n) is 1.92. The lowest BCUT2D eigenvalue weighted by Crippen LogP contribution is -2.43. The summed E-state index contributed by atoms with van der Waals surface area (Å²) in [6.07, 6.45) is 0.744. The summed E-state index contributed by atoms with van der Waals surface area (Å²) in [6, 6.07) is -0.364. The second-order valence-corrected chi connectivity index (χ2v) is 4.33. The molecule has 0 radical (unpaired) electrons. The van der Waals surface area contributed by atoms with Gasteiger partial charge in [-0.15, -0.1) is 0 Å². The van der Waals surface area contributed by atoms with E-state index in [1.807, 2.05) is 19.0 Å². The Morgan fingerprint density at radius 3 is 2.43 bits per heavy atom. The van der Waals surface area contributed by atoms with Crippen LogP contribution in [0.4, 0.5) is 0 Å². The van der Waals surface area contributed by atoms with Crippen LogP contribution in [0.1, 0.15) is 20.3 Å². The molecule has 0 aromatic rings. The maximum absolute atomic E-state index is 11.4. The molecule has 3 N–H and O–H groups in total. The fourth-order valence-electron chi connectivity index (χ4n) is 1.15. The molecule has 14 heavy (non-hydrogen) atoms. The lowest BCUT2D eigenvalue weighted by Gasteiger charge is -2.15. The average Bonchev–Trinajstić information content (AvgIpc) is 2.01. The van der Waals surface area contributed by atoms with Crippen LogP contribution in [0, 0.1) is 5.92 Å². The van der Waals surface area contributed by atoms with Crippen LogP contribution in [0.15, 0.2) is 0 Å². The molecule has 0 aliphatic rings. The summed E-state index contributed by atoms with van der Waals surface area (Å²) in [6.45, 7) is 5.64. The molecule has 0 aliphatic heterocycles. The standard InChI is InChI=1S/C10H23N3O/c1-8(2)7-9(11)10(14)12-5-6-13(3)4/h8-9H,5-7,11H2,1-4H3,(H,12,14)/t9-/m1/s1. The number of rotatable bonds is 6. The Kier molecular flexibility index (Phi) is 6.49. The Bertz CT molecular complexity index is 169. The van der Waals surface area contributed by atoms with Crippen molar-refractivity contribution in [1.29, 1.82) is 0 Å². The fraction of sp³-hybridized carbons (Fsp3) is 0.900. The van der Waals surface area contributed by atoms with Gasteiger partial charge in [-0.2, -0.15) is 0 Å². The predicted molar refractivity (Wildman–Crippen MR) is 59.0 cm³/mol. The SMILES string of the molecule is CC(C)C[C@@H](N)C(=O)NCCN(C)C. The molecule has 0 bridgehead atoms. The van der Waals surface area contributed by atoms with Crippen LogP contribution in [-0.2, 0) is 4.79 Å². The second-order valence-electron chi connectivity index (χ2n) is 4.33. The lowest BCUT2D eigenvalue weighted by molar-refractivity contribution is -0.122. The van der Waals surface area contributed by atoms with E-state index in [9.17, 15) is 4.79 Å². The van der Waals surface area contributed by atoms with Crippen molar-refractivity contribution in [2.24, 2.45) is 11.7 Å². The predicted octanol–water partition coefficient (Wildman–Crippen LogP) is 0.0376.